The Kier molecular flexibility index (Phi) is 8.46. The smallest absolute Gasteiger partial charge is 0.191 e. The zero-order valence-electron chi connectivity index (χ0n) is 11.5. The third-order valence-corrected chi connectivity index (χ3v) is 2.73. The molecule has 0 atom stereocenters. The van der Waals surface area contributed by atoms with Gasteiger partial charge in [-0.25, -0.2) is 9.38 Å². The summed E-state index contributed by atoms with van der Waals surface area (Å²) < 4.78 is 18.3. The Morgan fingerprint density at radius 1 is 1.37 bits per heavy atom. The summed E-state index contributed by atoms with van der Waals surface area (Å²) in [7, 11) is 1.44. The molecule has 108 valence electrons. The Balaban J connectivity index is 0.00000324. The summed E-state index contributed by atoms with van der Waals surface area (Å²) in [6, 6.07) is 4.78. The fourth-order valence-corrected chi connectivity index (χ4v) is 1.63. The average molecular weight is 381 g/mol. The molecule has 0 aliphatic rings. The van der Waals surface area contributed by atoms with E-state index >= 15 is 0 Å². The van der Waals surface area contributed by atoms with E-state index in [-0.39, 0.29) is 35.5 Å². The highest BCUT2D eigenvalue weighted by Gasteiger charge is 2.04. The van der Waals surface area contributed by atoms with Gasteiger partial charge in [0, 0.05) is 13.1 Å². The Morgan fingerprint density at radius 3 is 2.47 bits per heavy atom. The van der Waals surface area contributed by atoms with E-state index < -0.39 is 0 Å². The molecule has 0 saturated heterocycles. The quantitative estimate of drug-likeness (QED) is 0.485. The van der Waals surface area contributed by atoms with Gasteiger partial charge in [-0.15, -0.1) is 24.0 Å². The third-order valence-electron chi connectivity index (χ3n) is 2.73. The van der Waals surface area contributed by atoms with Crippen molar-refractivity contribution in [3.05, 3.63) is 29.6 Å². The van der Waals surface area contributed by atoms with Gasteiger partial charge in [0.2, 0.25) is 0 Å². The fraction of sp³-hybridized carbons (Fsp3) is 0.462. The number of methoxy groups -OCH3 is 1. The number of aliphatic imine (C=N–C) groups is 1. The van der Waals surface area contributed by atoms with Crippen LogP contribution in [-0.4, -0.2) is 31.1 Å². The number of halogens is 2. The van der Waals surface area contributed by atoms with Gasteiger partial charge in [0.25, 0.3) is 0 Å². The molecule has 0 radical (unpaired) electrons. The van der Waals surface area contributed by atoms with Crippen LogP contribution in [0.25, 0.3) is 0 Å². The van der Waals surface area contributed by atoms with Crippen molar-refractivity contribution in [2.24, 2.45) is 10.7 Å². The topological polar surface area (TPSA) is 50.8 Å². The first kappa shape index (κ1) is 17.9. The second-order valence-electron chi connectivity index (χ2n) is 3.82. The maximum Gasteiger partial charge on any atom is 0.191 e. The summed E-state index contributed by atoms with van der Waals surface area (Å²) in [5.41, 5.74) is 6.61. The van der Waals surface area contributed by atoms with E-state index in [0.717, 1.165) is 18.7 Å². The van der Waals surface area contributed by atoms with Crippen LogP contribution >= 0.6 is 24.0 Å². The van der Waals surface area contributed by atoms with Crippen LogP contribution in [0.2, 0.25) is 0 Å². The van der Waals surface area contributed by atoms with Gasteiger partial charge < -0.3 is 15.4 Å². The molecule has 6 heteroatoms. The number of hydrogen-bond acceptors (Lipinski definition) is 2. The van der Waals surface area contributed by atoms with Gasteiger partial charge in [-0.2, -0.15) is 0 Å². The summed E-state index contributed by atoms with van der Waals surface area (Å²) in [5, 5.41) is 0. The first-order valence-electron chi connectivity index (χ1n) is 5.99. The molecule has 4 nitrogen and oxygen atoms in total. The summed E-state index contributed by atoms with van der Waals surface area (Å²) in [5.74, 6) is 0.335. The minimum Gasteiger partial charge on any atom is -0.494 e. The standard InChI is InChI=1S/C13H20FN3O.HI/c1-4-17(5-2)13(15)16-9-10-6-7-12(18-3)11(14)8-10;/h6-8H,4-5,9H2,1-3H3,(H2,15,16);1H. The van der Waals surface area contributed by atoms with Crippen molar-refractivity contribution in [1.82, 2.24) is 4.90 Å². The van der Waals surface area contributed by atoms with Crippen LogP contribution in [0.3, 0.4) is 0 Å². The highest BCUT2D eigenvalue weighted by atomic mass is 127. The predicted molar refractivity (Wildman–Crippen MR) is 86.6 cm³/mol. The molecule has 0 unspecified atom stereocenters. The van der Waals surface area contributed by atoms with Crippen LogP contribution in [-0.2, 0) is 6.54 Å². The van der Waals surface area contributed by atoms with E-state index in [9.17, 15) is 4.39 Å². The van der Waals surface area contributed by atoms with E-state index in [1.54, 1.807) is 12.1 Å². The van der Waals surface area contributed by atoms with Crippen LogP contribution in [0.1, 0.15) is 19.4 Å². The number of nitrogens with two attached hydrogens (primary N) is 1. The number of benzene rings is 1. The molecule has 0 amide bonds. The molecule has 0 aliphatic heterocycles. The first-order valence-corrected chi connectivity index (χ1v) is 5.99. The Hall–Kier alpha value is -1.05. The largest absolute Gasteiger partial charge is 0.494 e. The van der Waals surface area contributed by atoms with Crippen LogP contribution in [0.15, 0.2) is 23.2 Å². The van der Waals surface area contributed by atoms with Crippen molar-refractivity contribution in [2.45, 2.75) is 20.4 Å². The van der Waals surface area contributed by atoms with Crippen LogP contribution in [0, 0.1) is 5.82 Å². The van der Waals surface area contributed by atoms with Crippen molar-refractivity contribution in [2.75, 3.05) is 20.2 Å². The molecule has 0 fully saturated rings. The molecule has 1 rings (SSSR count). The van der Waals surface area contributed by atoms with Crippen LogP contribution < -0.4 is 10.5 Å². The number of ether oxygens (including phenoxy) is 1. The minimum atomic E-state index is -0.383. The van der Waals surface area contributed by atoms with E-state index in [2.05, 4.69) is 4.99 Å². The molecule has 19 heavy (non-hydrogen) atoms. The molecule has 0 aromatic heterocycles. The normalized spacial score (nSPS) is 10.8. The average Bonchev–Trinajstić information content (AvgIpc) is 2.38. The lowest BCUT2D eigenvalue weighted by Crippen LogP contribution is -2.37. The zero-order chi connectivity index (χ0) is 13.5. The highest BCUT2D eigenvalue weighted by Crippen LogP contribution is 2.18. The highest BCUT2D eigenvalue weighted by molar-refractivity contribution is 14.0. The Bertz CT molecular complexity index is 422. The number of rotatable bonds is 5. The molecule has 1 aromatic rings. The number of hydrogen-bond donors (Lipinski definition) is 1. The van der Waals surface area contributed by atoms with Crippen molar-refractivity contribution < 1.29 is 9.13 Å². The van der Waals surface area contributed by atoms with Crippen molar-refractivity contribution >= 4 is 29.9 Å². The van der Waals surface area contributed by atoms with Crippen LogP contribution in [0.5, 0.6) is 5.75 Å². The van der Waals surface area contributed by atoms with Gasteiger partial charge in [-0.1, -0.05) is 6.07 Å². The molecule has 0 aliphatic carbocycles. The monoisotopic (exact) mass is 381 g/mol. The summed E-state index contributed by atoms with van der Waals surface area (Å²) in [4.78, 5) is 6.19. The first-order chi connectivity index (χ1) is 8.62. The fourth-order valence-electron chi connectivity index (χ4n) is 1.63. The van der Waals surface area contributed by atoms with Gasteiger partial charge in [0.05, 0.1) is 13.7 Å². The SMILES string of the molecule is CCN(CC)C(N)=NCc1ccc(OC)c(F)c1.I. The van der Waals surface area contributed by atoms with E-state index in [1.807, 2.05) is 18.7 Å². The van der Waals surface area contributed by atoms with E-state index in [4.69, 9.17) is 10.5 Å². The lowest BCUT2D eigenvalue weighted by Gasteiger charge is -2.19. The lowest BCUT2D eigenvalue weighted by molar-refractivity contribution is 0.386. The molecule has 0 bridgehead atoms. The Labute approximate surface area is 130 Å². The lowest BCUT2D eigenvalue weighted by atomic mass is 10.2. The van der Waals surface area contributed by atoms with Crippen molar-refractivity contribution in [3.8, 4) is 5.75 Å². The number of guanidine groups is 1. The van der Waals surface area contributed by atoms with Crippen molar-refractivity contribution in [1.29, 1.82) is 0 Å². The molecular weight excluding hydrogens is 360 g/mol. The third kappa shape index (κ3) is 5.22. The molecule has 0 spiro atoms. The second kappa shape index (κ2) is 8.95. The summed E-state index contributed by atoms with van der Waals surface area (Å²) in [6.07, 6.45) is 0. The Morgan fingerprint density at radius 2 is 2.00 bits per heavy atom. The predicted octanol–water partition coefficient (Wildman–Crippen LogP) is 2.61. The molecule has 0 saturated carbocycles. The van der Waals surface area contributed by atoms with Crippen LogP contribution in [0.4, 0.5) is 4.39 Å². The van der Waals surface area contributed by atoms with E-state index in [1.165, 1.54) is 13.2 Å². The molecule has 1 aromatic carbocycles. The maximum absolute atomic E-state index is 13.5. The molecule has 0 heterocycles. The summed E-state index contributed by atoms with van der Waals surface area (Å²) >= 11 is 0. The van der Waals surface area contributed by atoms with Gasteiger partial charge in [-0.3, -0.25) is 0 Å². The molecule has 2 N–H and O–H groups in total. The van der Waals surface area contributed by atoms with Gasteiger partial charge >= 0.3 is 0 Å². The zero-order valence-corrected chi connectivity index (χ0v) is 13.8. The summed E-state index contributed by atoms with van der Waals surface area (Å²) in [6.45, 7) is 6.01. The van der Waals surface area contributed by atoms with Crippen molar-refractivity contribution in [3.63, 3.8) is 0 Å². The van der Waals surface area contributed by atoms with Gasteiger partial charge in [0.1, 0.15) is 0 Å². The van der Waals surface area contributed by atoms with E-state index in [0.29, 0.717) is 12.5 Å². The maximum atomic E-state index is 13.5. The van der Waals surface area contributed by atoms with Gasteiger partial charge in [0.15, 0.2) is 17.5 Å². The molecular formula is C13H21FIN3O. The number of nitrogens with zero attached hydrogens (tertiary/aromatic N) is 2. The minimum absolute atomic E-state index is 0. The van der Waals surface area contributed by atoms with Gasteiger partial charge in [-0.05, 0) is 31.5 Å². The second-order valence-corrected chi connectivity index (χ2v) is 3.82.